The van der Waals surface area contributed by atoms with Crippen LogP contribution in [-0.2, 0) is 17.8 Å². The first-order valence-corrected chi connectivity index (χ1v) is 13.0. The number of benzene rings is 1. The van der Waals surface area contributed by atoms with E-state index >= 15 is 0 Å². The Morgan fingerprint density at radius 3 is 2.74 bits per heavy atom. The van der Waals surface area contributed by atoms with Crippen molar-refractivity contribution < 1.29 is 19.4 Å². The van der Waals surface area contributed by atoms with Crippen LogP contribution in [0.15, 0.2) is 53.1 Å². The van der Waals surface area contributed by atoms with Crippen LogP contribution in [0.3, 0.4) is 0 Å². The summed E-state index contributed by atoms with van der Waals surface area (Å²) in [7, 11) is 0. The molecule has 8 heteroatoms. The zero-order valence-electron chi connectivity index (χ0n) is 20.2. The Balaban J connectivity index is 1.47. The standard InChI is InChI=1S/C27H33N3O4S/c1-26-11-10-22(32)27(2,16-31)21(26)14-20-24(30-25(35-20)29-17-7-4-3-5-8-17)19(26)13-23(33)28-15-18-9-6-12-34-18/h3-9,12,19,21-22,31-32H,10-11,13-16H2,1-2H3,(H,28,33)(H,29,30)/t19-,21+,22-,26+,27+/m1/s1. The molecule has 1 fully saturated rings. The molecule has 2 heterocycles. The molecule has 0 radical (unpaired) electrons. The van der Waals surface area contributed by atoms with Crippen molar-refractivity contribution in [2.75, 3.05) is 11.9 Å². The third kappa shape index (κ3) is 4.39. The summed E-state index contributed by atoms with van der Waals surface area (Å²) in [5.74, 6) is 0.572. The molecular weight excluding hydrogens is 462 g/mol. The molecule has 5 rings (SSSR count). The Morgan fingerprint density at radius 1 is 1.23 bits per heavy atom. The number of rotatable bonds is 7. The van der Waals surface area contributed by atoms with Crippen LogP contribution < -0.4 is 10.6 Å². The largest absolute Gasteiger partial charge is 0.467 e. The van der Waals surface area contributed by atoms with Gasteiger partial charge in [0.2, 0.25) is 5.91 Å². The van der Waals surface area contributed by atoms with Gasteiger partial charge in [-0.1, -0.05) is 32.0 Å². The Morgan fingerprint density at radius 2 is 2.03 bits per heavy atom. The van der Waals surface area contributed by atoms with E-state index in [-0.39, 0.29) is 29.8 Å². The molecule has 186 valence electrons. The van der Waals surface area contributed by atoms with E-state index in [2.05, 4.69) is 17.6 Å². The summed E-state index contributed by atoms with van der Waals surface area (Å²) < 4.78 is 5.36. The number of furan rings is 1. The second kappa shape index (κ2) is 9.41. The highest BCUT2D eigenvalue weighted by atomic mass is 32.1. The quantitative estimate of drug-likeness (QED) is 0.382. The number of carbonyl (C=O) groups excluding carboxylic acids is 1. The lowest BCUT2D eigenvalue weighted by atomic mass is 9.47. The zero-order chi connectivity index (χ0) is 24.6. The number of nitrogens with one attached hydrogen (secondary N) is 2. The van der Waals surface area contributed by atoms with Gasteiger partial charge < -0.3 is 25.3 Å². The Labute approximate surface area is 209 Å². The minimum atomic E-state index is -0.634. The number of aliphatic hydroxyl groups is 2. The van der Waals surface area contributed by atoms with Crippen molar-refractivity contribution in [3.05, 3.63) is 65.1 Å². The smallest absolute Gasteiger partial charge is 0.221 e. The summed E-state index contributed by atoms with van der Waals surface area (Å²) in [5.41, 5.74) is 1.02. The van der Waals surface area contributed by atoms with Crippen LogP contribution in [0.1, 0.15) is 55.4 Å². The Kier molecular flexibility index (Phi) is 6.46. The predicted molar refractivity (Wildman–Crippen MR) is 135 cm³/mol. The molecule has 0 spiro atoms. The van der Waals surface area contributed by atoms with Gasteiger partial charge in [0, 0.05) is 28.3 Å². The predicted octanol–water partition coefficient (Wildman–Crippen LogP) is 4.60. The molecule has 0 aliphatic heterocycles. The molecule has 2 aliphatic rings. The van der Waals surface area contributed by atoms with Crippen molar-refractivity contribution in [1.29, 1.82) is 0 Å². The Hall–Kier alpha value is -2.68. The zero-order valence-corrected chi connectivity index (χ0v) is 21.0. The molecule has 0 bridgehead atoms. The number of hydrogen-bond donors (Lipinski definition) is 4. The summed E-state index contributed by atoms with van der Waals surface area (Å²) in [6.07, 6.45) is 3.44. The highest BCUT2D eigenvalue weighted by Gasteiger charge is 2.59. The monoisotopic (exact) mass is 495 g/mol. The lowest BCUT2D eigenvalue weighted by molar-refractivity contribution is -0.144. The minimum Gasteiger partial charge on any atom is -0.467 e. The average Bonchev–Trinajstić information content (AvgIpc) is 3.52. The lowest BCUT2D eigenvalue weighted by Gasteiger charge is -2.58. The highest BCUT2D eigenvalue weighted by molar-refractivity contribution is 7.15. The molecule has 4 N–H and O–H groups in total. The third-order valence-corrected chi connectivity index (χ3v) is 9.36. The first kappa shape index (κ1) is 24.0. The van der Waals surface area contributed by atoms with E-state index in [0.717, 1.165) is 34.2 Å². The summed E-state index contributed by atoms with van der Waals surface area (Å²) in [6.45, 7) is 4.46. The maximum Gasteiger partial charge on any atom is 0.221 e. The van der Waals surface area contributed by atoms with Crippen molar-refractivity contribution in [3.63, 3.8) is 0 Å². The topological polar surface area (TPSA) is 108 Å². The normalized spacial score (nSPS) is 29.8. The molecule has 1 aromatic carbocycles. The van der Waals surface area contributed by atoms with E-state index < -0.39 is 11.5 Å². The molecule has 2 aliphatic carbocycles. The van der Waals surface area contributed by atoms with Gasteiger partial charge in [0.15, 0.2) is 5.13 Å². The minimum absolute atomic E-state index is 0.0316. The maximum absolute atomic E-state index is 13.1. The van der Waals surface area contributed by atoms with Gasteiger partial charge >= 0.3 is 0 Å². The summed E-state index contributed by atoms with van der Waals surface area (Å²) in [5, 5.41) is 28.5. The van der Waals surface area contributed by atoms with Gasteiger partial charge in [0.1, 0.15) is 5.76 Å². The number of amides is 1. The average molecular weight is 496 g/mol. The lowest BCUT2D eigenvalue weighted by Crippen LogP contribution is -2.57. The molecule has 1 saturated carbocycles. The first-order valence-electron chi connectivity index (χ1n) is 12.2. The van der Waals surface area contributed by atoms with E-state index in [1.54, 1.807) is 23.7 Å². The molecule has 2 aromatic heterocycles. The number of para-hydroxylation sites is 1. The van der Waals surface area contributed by atoms with E-state index in [1.807, 2.05) is 43.3 Å². The van der Waals surface area contributed by atoms with Gasteiger partial charge in [-0.25, -0.2) is 4.98 Å². The second-order valence-electron chi connectivity index (χ2n) is 10.4. The first-order chi connectivity index (χ1) is 16.8. The van der Waals surface area contributed by atoms with Gasteiger partial charge in [-0.15, -0.1) is 11.3 Å². The molecule has 7 nitrogen and oxygen atoms in total. The number of thiazole rings is 1. The number of aromatic nitrogens is 1. The molecule has 0 saturated heterocycles. The van der Waals surface area contributed by atoms with Crippen LogP contribution >= 0.6 is 11.3 Å². The van der Waals surface area contributed by atoms with Crippen molar-refractivity contribution in [3.8, 4) is 0 Å². The van der Waals surface area contributed by atoms with Crippen LogP contribution in [0.4, 0.5) is 10.8 Å². The van der Waals surface area contributed by atoms with Crippen LogP contribution in [-0.4, -0.2) is 33.8 Å². The van der Waals surface area contributed by atoms with E-state index in [0.29, 0.717) is 25.1 Å². The van der Waals surface area contributed by atoms with E-state index in [1.165, 1.54) is 0 Å². The molecule has 5 atom stereocenters. The third-order valence-electron chi connectivity index (χ3n) is 8.35. The maximum atomic E-state index is 13.1. The van der Waals surface area contributed by atoms with Crippen LogP contribution in [0, 0.1) is 16.7 Å². The molecular formula is C27H33N3O4S. The fourth-order valence-electron chi connectivity index (χ4n) is 6.20. The fourth-order valence-corrected chi connectivity index (χ4v) is 7.29. The molecule has 35 heavy (non-hydrogen) atoms. The number of aliphatic hydroxyl groups excluding tert-OH is 2. The van der Waals surface area contributed by atoms with Gasteiger partial charge in [-0.3, -0.25) is 4.79 Å². The van der Waals surface area contributed by atoms with Crippen molar-refractivity contribution in [2.24, 2.45) is 16.7 Å². The molecule has 3 aromatic rings. The van der Waals surface area contributed by atoms with Crippen molar-refractivity contribution in [1.82, 2.24) is 10.3 Å². The molecule has 1 amide bonds. The van der Waals surface area contributed by atoms with Crippen LogP contribution in [0.2, 0.25) is 0 Å². The number of anilines is 2. The van der Waals surface area contributed by atoms with Crippen molar-refractivity contribution >= 4 is 28.1 Å². The number of hydrogen-bond acceptors (Lipinski definition) is 7. The fraction of sp³-hybridized carbons (Fsp3) is 0.481. The van der Waals surface area contributed by atoms with Gasteiger partial charge in [0.25, 0.3) is 0 Å². The van der Waals surface area contributed by atoms with Gasteiger partial charge in [-0.2, -0.15) is 0 Å². The highest BCUT2D eigenvalue weighted by Crippen LogP contribution is 2.62. The van der Waals surface area contributed by atoms with Crippen molar-refractivity contribution in [2.45, 2.75) is 58.1 Å². The summed E-state index contributed by atoms with van der Waals surface area (Å²) in [6, 6.07) is 13.6. The number of carbonyl (C=O) groups is 1. The number of fused-ring (bicyclic) bond motifs is 2. The number of nitrogens with zero attached hydrogens (tertiary/aromatic N) is 1. The summed E-state index contributed by atoms with van der Waals surface area (Å²) >= 11 is 1.61. The second-order valence-corrected chi connectivity index (χ2v) is 11.5. The molecule has 0 unspecified atom stereocenters. The summed E-state index contributed by atoms with van der Waals surface area (Å²) in [4.78, 5) is 19.3. The Bertz CT molecular complexity index is 1160. The SMILES string of the molecule is C[C@]1(CO)[C@H]2Cc3sc(Nc4ccccc4)nc3[C@@H](CC(=O)NCc3ccco3)[C@]2(C)CC[C@H]1O. The van der Waals surface area contributed by atoms with E-state index in [4.69, 9.17) is 9.40 Å². The van der Waals surface area contributed by atoms with Gasteiger partial charge in [-0.05, 0) is 54.9 Å². The van der Waals surface area contributed by atoms with E-state index in [9.17, 15) is 15.0 Å². The van der Waals surface area contributed by atoms with Crippen LogP contribution in [0.5, 0.6) is 0 Å². The van der Waals surface area contributed by atoms with Crippen LogP contribution in [0.25, 0.3) is 0 Å². The van der Waals surface area contributed by atoms with Gasteiger partial charge in [0.05, 0.1) is 31.2 Å².